The van der Waals surface area contributed by atoms with Crippen molar-refractivity contribution in [3.05, 3.63) is 35.4 Å². The quantitative estimate of drug-likeness (QED) is 0.783. The highest BCUT2D eigenvalue weighted by atomic mass is 32.2. The number of nitrogens with zero attached hydrogens (tertiary/aromatic N) is 1. The lowest BCUT2D eigenvalue weighted by Crippen LogP contribution is -2.45. The molecule has 1 unspecified atom stereocenters. The molecule has 0 bridgehead atoms. The van der Waals surface area contributed by atoms with Crippen molar-refractivity contribution in [3.63, 3.8) is 0 Å². The average molecular weight is 340 g/mol. The van der Waals surface area contributed by atoms with E-state index in [-0.39, 0.29) is 11.5 Å². The maximum Gasteiger partial charge on any atom is 0.335 e. The van der Waals surface area contributed by atoms with Gasteiger partial charge in [0, 0.05) is 13.1 Å². The number of carbonyl (C=O) groups excluding carboxylic acids is 1. The van der Waals surface area contributed by atoms with Crippen LogP contribution in [0.25, 0.3) is 0 Å². The summed E-state index contributed by atoms with van der Waals surface area (Å²) in [5.41, 5.74) is 1.12. The second-order valence-electron chi connectivity index (χ2n) is 5.57. The van der Waals surface area contributed by atoms with E-state index in [1.807, 2.05) is 0 Å². The van der Waals surface area contributed by atoms with Crippen LogP contribution in [0.4, 0.5) is 0 Å². The lowest BCUT2D eigenvalue weighted by atomic mass is 10.1. The maximum atomic E-state index is 12.1. The number of nitrogens with one attached hydrogen (secondary N) is 1. The number of carbonyl (C=O) groups is 2. The van der Waals surface area contributed by atoms with Gasteiger partial charge in [0.25, 0.3) is 0 Å². The van der Waals surface area contributed by atoms with Crippen LogP contribution in [-0.2, 0) is 21.2 Å². The van der Waals surface area contributed by atoms with Crippen LogP contribution in [0.2, 0.25) is 0 Å². The molecule has 0 aliphatic carbocycles. The first kappa shape index (κ1) is 17.4. The summed E-state index contributed by atoms with van der Waals surface area (Å²) in [6, 6.07) is 5.81. The molecule has 7 nitrogen and oxygen atoms in total. The van der Waals surface area contributed by atoms with Crippen molar-refractivity contribution in [1.82, 2.24) is 9.62 Å². The Kier molecular flexibility index (Phi) is 5.38. The molecular formula is C15H20N2O5S. The molecule has 2 N–H and O–H groups in total. The number of sulfonamides is 1. The highest BCUT2D eigenvalue weighted by Gasteiger charge is 2.36. The van der Waals surface area contributed by atoms with Gasteiger partial charge in [-0.1, -0.05) is 12.1 Å². The van der Waals surface area contributed by atoms with Crippen LogP contribution in [0, 0.1) is 0 Å². The molecule has 126 valence electrons. The van der Waals surface area contributed by atoms with Gasteiger partial charge >= 0.3 is 5.97 Å². The molecule has 1 atom stereocenters. The van der Waals surface area contributed by atoms with Crippen LogP contribution in [0.1, 0.15) is 28.8 Å². The minimum absolute atomic E-state index is 0.215. The lowest BCUT2D eigenvalue weighted by Gasteiger charge is -2.21. The summed E-state index contributed by atoms with van der Waals surface area (Å²) in [6.45, 7) is 0.757. The molecule has 0 aromatic heterocycles. The molecule has 1 saturated heterocycles. The third-order valence-corrected chi connectivity index (χ3v) is 5.14. The molecule has 2 rings (SSSR count). The number of amides is 1. The van der Waals surface area contributed by atoms with Crippen LogP contribution in [0.15, 0.2) is 24.3 Å². The Morgan fingerprint density at radius 2 is 1.96 bits per heavy atom. The molecule has 0 radical (unpaired) electrons. The van der Waals surface area contributed by atoms with Gasteiger partial charge in [0.2, 0.25) is 15.9 Å². The standard InChI is InChI=1S/C15H20N2O5S/c1-23(21,22)17-10-2-3-13(17)14(18)16-9-8-11-4-6-12(7-5-11)15(19)20/h4-7,13H,2-3,8-10H2,1H3,(H,16,18)(H,19,20). The van der Waals surface area contributed by atoms with E-state index in [0.29, 0.717) is 32.4 Å². The van der Waals surface area contributed by atoms with Gasteiger partial charge in [-0.2, -0.15) is 4.31 Å². The fourth-order valence-electron chi connectivity index (χ4n) is 2.66. The molecule has 1 amide bonds. The third kappa shape index (κ3) is 4.52. The summed E-state index contributed by atoms with van der Waals surface area (Å²) in [5.74, 6) is -1.26. The number of carboxylic acids is 1. The van der Waals surface area contributed by atoms with E-state index in [4.69, 9.17) is 5.11 Å². The molecule has 0 saturated carbocycles. The monoisotopic (exact) mass is 340 g/mol. The Morgan fingerprint density at radius 1 is 1.30 bits per heavy atom. The minimum Gasteiger partial charge on any atom is -0.478 e. The van der Waals surface area contributed by atoms with Gasteiger partial charge in [0.15, 0.2) is 0 Å². The Hall–Kier alpha value is -1.93. The highest BCUT2D eigenvalue weighted by Crippen LogP contribution is 2.20. The Bertz CT molecular complexity index is 684. The van der Waals surface area contributed by atoms with Crippen LogP contribution >= 0.6 is 0 Å². The van der Waals surface area contributed by atoms with Crippen molar-refractivity contribution in [1.29, 1.82) is 0 Å². The molecule has 0 spiro atoms. The molecule has 1 heterocycles. The largest absolute Gasteiger partial charge is 0.478 e. The van der Waals surface area contributed by atoms with E-state index in [1.54, 1.807) is 12.1 Å². The van der Waals surface area contributed by atoms with Crippen molar-refractivity contribution in [3.8, 4) is 0 Å². The molecular weight excluding hydrogens is 320 g/mol. The second-order valence-corrected chi connectivity index (χ2v) is 7.51. The first-order valence-electron chi connectivity index (χ1n) is 7.36. The number of rotatable bonds is 6. The number of aromatic carboxylic acids is 1. The maximum absolute atomic E-state index is 12.1. The van der Waals surface area contributed by atoms with Crippen LogP contribution < -0.4 is 5.32 Å². The Morgan fingerprint density at radius 3 is 2.52 bits per heavy atom. The predicted octanol–water partition coefficient (Wildman–Crippen LogP) is 0.468. The van der Waals surface area contributed by atoms with E-state index >= 15 is 0 Å². The minimum atomic E-state index is -3.37. The smallest absolute Gasteiger partial charge is 0.335 e. The van der Waals surface area contributed by atoms with Gasteiger partial charge in [0.1, 0.15) is 6.04 Å². The van der Waals surface area contributed by atoms with Gasteiger partial charge in [-0.3, -0.25) is 4.79 Å². The summed E-state index contributed by atoms with van der Waals surface area (Å²) in [5, 5.41) is 11.6. The number of carboxylic acid groups (broad SMARTS) is 1. The van der Waals surface area contributed by atoms with Crippen LogP contribution in [0.3, 0.4) is 0 Å². The summed E-state index contributed by atoms with van der Waals surface area (Å²) in [4.78, 5) is 22.9. The van der Waals surface area contributed by atoms with E-state index < -0.39 is 22.0 Å². The van der Waals surface area contributed by atoms with Crippen molar-refractivity contribution in [2.24, 2.45) is 0 Å². The molecule has 1 aliphatic rings. The van der Waals surface area contributed by atoms with Gasteiger partial charge in [-0.25, -0.2) is 13.2 Å². The zero-order chi connectivity index (χ0) is 17.0. The van der Waals surface area contributed by atoms with Crippen molar-refractivity contribution < 1.29 is 23.1 Å². The predicted molar refractivity (Wildman–Crippen MR) is 84.7 cm³/mol. The normalized spacial score (nSPS) is 18.7. The molecule has 23 heavy (non-hydrogen) atoms. The van der Waals surface area contributed by atoms with Crippen molar-refractivity contribution >= 4 is 21.9 Å². The van der Waals surface area contributed by atoms with Gasteiger partial charge < -0.3 is 10.4 Å². The molecule has 1 fully saturated rings. The second kappa shape index (κ2) is 7.10. The van der Waals surface area contributed by atoms with Gasteiger partial charge in [-0.15, -0.1) is 0 Å². The van der Waals surface area contributed by atoms with Crippen LogP contribution in [0.5, 0.6) is 0 Å². The molecule has 1 aromatic carbocycles. The van der Waals surface area contributed by atoms with Crippen LogP contribution in [-0.4, -0.2) is 55.1 Å². The molecule has 8 heteroatoms. The highest BCUT2D eigenvalue weighted by molar-refractivity contribution is 7.88. The summed E-state index contributed by atoms with van der Waals surface area (Å²) in [6.07, 6.45) is 2.88. The van der Waals surface area contributed by atoms with E-state index in [0.717, 1.165) is 11.8 Å². The zero-order valence-electron chi connectivity index (χ0n) is 12.9. The first-order chi connectivity index (χ1) is 10.8. The van der Waals surface area contributed by atoms with Crippen molar-refractivity contribution in [2.45, 2.75) is 25.3 Å². The van der Waals surface area contributed by atoms with E-state index in [1.165, 1.54) is 16.4 Å². The third-order valence-electron chi connectivity index (χ3n) is 3.85. The summed E-state index contributed by atoms with van der Waals surface area (Å²) in [7, 11) is -3.37. The zero-order valence-corrected chi connectivity index (χ0v) is 13.7. The summed E-state index contributed by atoms with van der Waals surface area (Å²) >= 11 is 0. The van der Waals surface area contributed by atoms with E-state index in [2.05, 4.69) is 5.32 Å². The van der Waals surface area contributed by atoms with Crippen molar-refractivity contribution in [2.75, 3.05) is 19.3 Å². The molecule has 1 aliphatic heterocycles. The van der Waals surface area contributed by atoms with E-state index in [9.17, 15) is 18.0 Å². The summed E-state index contributed by atoms with van der Waals surface area (Å²) < 4.78 is 24.5. The number of hydrogen-bond acceptors (Lipinski definition) is 4. The first-order valence-corrected chi connectivity index (χ1v) is 9.20. The fourth-order valence-corrected chi connectivity index (χ4v) is 3.79. The molecule has 1 aromatic rings. The lowest BCUT2D eigenvalue weighted by molar-refractivity contribution is -0.124. The topological polar surface area (TPSA) is 104 Å². The SMILES string of the molecule is CS(=O)(=O)N1CCCC1C(=O)NCCc1ccc(C(=O)O)cc1. The number of hydrogen-bond donors (Lipinski definition) is 2. The Balaban J connectivity index is 1.86. The average Bonchev–Trinajstić information content (AvgIpc) is 2.97. The van der Waals surface area contributed by atoms with Gasteiger partial charge in [-0.05, 0) is 37.0 Å². The fraction of sp³-hybridized carbons (Fsp3) is 0.467. The van der Waals surface area contributed by atoms with Gasteiger partial charge in [0.05, 0.1) is 11.8 Å². The number of benzene rings is 1. The Labute approximate surface area is 135 Å².